The third-order valence-corrected chi connectivity index (χ3v) is 6.51. The second-order valence-electron chi connectivity index (χ2n) is 9.85. The SMILES string of the molecule is COC(=O)NC(CC/C=C/C(=O)N(C)C)C(=O)Nc1cncn(Cc2nc3cc(F)ccc3n2CC2CC2)c1=O. The van der Waals surface area contributed by atoms with Crippen LogP contribution in [0.25, 0.3) is 11.0 Å². The van der Waals surface area contributed by atoms with Crippen LogP contribution in [0, 0.1) is 11.7 Å². The van der Waals surface area contributed by atoms with Crippen LogP contribution in [0.4, 0.5) is 14.9 Å². The number of hydrogen-bond donors (Lipinski definition) is 2. The zero-order chi connectivity index (χ0) is 28.8. The lowest BCUT2D eigenvalue weighted by Gasteiger charge is -2.17. The maximum atomic E-state index is 13.8. The van der Waals surface area contributed by atoms with E-state index in [1.807, 2.05) is 4.57 Å². The van der Waals surface area contributed by atoms with Crippen LogP contribution in [0.1, 0.15) is 31.5 Å². The Morgan fingerprint density at radius 2 is 2.05 bits per heavy atom. The maximum absolute atomic E-state index is 13.8. The van der Waals surface area contributed by atoms with E-state index in [0.29, 0.717) is 30.2 Å². The molecule has 4 rings (SSSR count). The fourth-order valence-corrected chi connectivity index (χ4v) is 4.12. The van der Waals surface area contributed by atoms with Gasteiger partial charge in [-0.1, -0.05) is 6.08 Å². The fourth-order valence-electron chi connectivity index (χ4n) is 4.12. The van der Waals surface area contributed by atoms with Crippen LogP contribution in [-0.4, -0.2) is 69.2 Å². The number of carbonyl (C=O) groups is 3. The molecule has 1 saturated carbocycles. The van der Waals surface area contributed by atoms with Gasteiger partial charge in [0.2, 0.25) is 11.8 Å². The van der Waals surface area contributed by atoms with E-state index in [1.54, 1.807) is 26.2 Å². The minimum atomic E-state index is -1.04. The summed E-state index contributed by atoms with van der Waals surface area (Å²) in [6.45, 7) is 0.776. The Hall–Kier alpha value is -4.55. The van der Waals surface area contributed by atoms with Gasteiger partial charge in [0.25, 0.3) is 5.56 Å². The number of allylic oxidation sites excluding steroid dienone is 1. The number of nitrogens with zero attached hydrogens (tertiary/aromatic N) is 5. The summed E-state index contributed by atoms with van der Waals surface area (Å²) in [5.41, 5.74) is 0.678. The summed E-state index contributed by atoms with van der Waals surface area (Å²) in [6, 6.07) is 3.38. The second-order valence-corrected chi connectivity index (χ2v) is 9.85. The minimum Gasteiger partial charge on any atom is -0.453 e. The Labute approximate surface area is 229 Å². The van der Waals surface area contributed by atoms with Crippen molar-refractivity contribution in [1.29, 1.82) is 0 Å². The lowest BCUT2D eigenvalue weighted by molar-refractivity contribution is -0.123. The number of anilines is 1. The zero-order valence-electron chi connectivity index (χ0n) is 22.6. The molecular weight excluding hydrogens is 521 g/mol. The molecule has 12 nitrogen and oxygen atoms in total. The molecule has 13 heteroatoms. The number of ether oxygens (including phenoxy) is 1. The predicted octanol–water partition coefficient (Wildman–Crippen LogP) is 2.28. The molecule has 2 aromatic heterocycles. The number of halogens is 1. The van der Waals surface area contributed by atoms with E-state index in [9.17, 15) is 23.6 Å². The molecule has 0 radical (unpaired) electrons. The van der Waals surface area contributed by atoms with Gasteiger partial charge in [0.1, 0.15) is 23.4 Å². The van der Waals surface area contributed by atoms with Crippen molar-refractivity contribution in [2.75, 3.05) is 26.5 Å². The van der Waals surface area contributed by atoms with E-state index in [2.05, 4.69) is 25.3 Å². The first-order chi connectivity index (χ1) is 19.2. The molecule has 2 N–H and O–H groups in total. The molecule has 1 unspecified atom stereocenters. The standard InChI is InChI=1S/C27H32FN7O5/c1-33(2)24(36)7-5-4-6-19(32-27(39)40-3)25(37)31-21-13-29-16-34(26(21)38)15-23-30-20-12-18(28)10-11-22(20)35(23)14-17-8-9-17/h5,7,10-13,16-17,19H,4,6,8-9,14-15H2,1-3H3,(H,31,37)(H,32,39)/b7-5+. The summed E-state index contributed by atoms with van der Waals surface area (Å²) < 4.78 is 21.8. The second kappa shape index (κ2) is 12.5. The van der Waals surface area contributed by atoms with Crippen molar-refractivity contribution in [3.8, 4) is 0 Å². The number of methoxy groups -OCH3 is 1. The van der Waals surface area contributed by atoms with Crippen molar-refractivity contribution in [2.24, 2.45) is 5.92 Å². The molecular formula is C27H32FN7O5. The van der Waals surface area contributed by atoms with Crippen molar-refractivity contribution < 1.29 is 23.5 Å². The van der Waals surface area contributed by atoms with Crippen LogP contribution < -0.4 is 16.2 Å². The third kappa shape index (κ3) is 7.10. The van der Waals surface area contributed by atoms with Gasteiger partial charge in [-0.2, -0.15) is 0 Å². The number of carbonyl (C=O) groups excluding carboxylic acids is 3. The minimum absolute atomic E-state index is 0.0626. The predicted molar refractivity (Wildman–Crippen MR) is 145 cm³/mol. The molecule has 212 valence electrons. The van der Waals surface area contributed by atoms with Crippen LogP contribution in [0.2, 0.25) is 0 Å². The maximum Gasteiger partial charge on any atom is 0.407 e. The number of imidazole rings is 1. The number of likely N-dealkylation sites (N-methyl/N-ethyl adjacent to an activating group) is 1. The Morgan fingerprint density at radius 3 is 2.75 bits per heavy atom. The van der Waals surface area contributed by atoms with Gasteiger partial charge < -0.3 is 24.8 Å². The monoisotopic (exact) mass is 553 g/mol. The van der Waals surface area contributed by atoms with Gasteiger partial charge in [0.05, 0.1) is 37.2 Å². The molecule has 1 fully saturated rings. The van der Waals surface area contributed by atoms with E-state index >= 15 is 0 Å². The van der Waals surface area contributed by atoms with Gasteiger partial charge >= 0.3 is 6.09 Å². The first-order valence-electron chi connectivity index (χ1n) is 12.9. The van der Waals surface area contributed by atoms with Crippen molar-refractivity contribution >= 4 is 34.6 Å². The number of rotatable bonds is 11. The molecule has 3 amide bonds. The Kier molecular flexibility index (Phi) is 8.92. The summed E-state index contributed by atoms with van der Waals surface area (Å²) in [4.78, 5) is 60.0. The summed E-state index contributed by atoms with van der Waals surface area (Å²) in [5.74, 6) is -0.172. The number of fused-ring (bicyclic) bond motifs is 1. The molecule has 2 heterocycles. The average molecular weight is 554 g/mol. The number of aromatic nitrogens is 4. The third-order valence-electron chi connectivity index (χ3n) is 6.51. The summed E-state index contributed by atoms with van der Waals surface area (Å²) >= 11 is 0. The first-order valence-corrected chi connectivity index (χ1v) is 12.9. The number of alkyl carbamates (subject to hydrolysis) is 1. The van der Waals surface area contributed by atoms with Crippen LogP contribution in [0.5, 0.6) is 0 Å². The highest BCUT2D eigenvalue weighted by Crippen LogP contribution is 2.32. The number of nitrogens with one attached hydrogen (secondary N) is 2. The van der Waals surface area contributed by atoms with Gasteiger partial charge in [-0.05, 0) is 49.8 Å². The number of amides is 3. The molecule has 0 bridgehead atoms. The van der Waals surface area contributed by atoms with Crippen molar-refractivity contribution in [3.63, 3.8) is 0 Å². The normalized spacial score (nSPS) is 13.8. The largest absolute Gasteiger partial charge is 0.453 e. The number of benzene rings is 1. The highest BCUT2D eigenvalue weighted by molar-refractivity contribution is 5.96. The lowest BCUT2D eigenvalue weighted by Crippen LogP contribution is -2.44. The molecule has 1 aliphatic rings. The van der Waals surface area contributed by atoms with Crippen molar-refractivity contribution in [3.05, 3.63) is 64.9 Å². The van der Waals surface area contributed by atoms with Crippen LogP contribution in [0.15, 0.2) is 47.7 Å². The van der Waals surface area contributed by atoms with E-state index in [1.165, 1.54) is 47.3 Å². The molecule has 1 atom stereocenters. The van der Waals surface area contributed by atoms with Gasteiger partial charge in [0.15, 0.2) is 0 Å². The highest BCUT2D eigenvalue weighted by atomic mass is 19.1. The van der Waals surface area contributed by atoms with Gasteiger partial charge in [-0.15, -0.1) is 0 Å². The fraction of sp³-hybridized carbons (Fsp3) is 0.407. The first kappa shape index (κ1) is 28.5. The quantitative estimate of drug-likeness (QED) is 0.347. The summed E-state index contributed by atoms with van der Waals surface area (Å²) in [6.07, 6.45) is 7.38. The Bertz CT molecular complexity index is 1490. The van der Waals surface area contributed by atoms with Crippen LogP contribution >= 0.6 is 0 Å². The molecule has 1 aromatic carbocycles. The molecule has 3 aromatic rings. The van der Waals surface area contributed by atoms with Gasteiger partial charge in [0, 0.05) is 26.7 Å². The van der Waals surface area contributed by atoms with E-state index < -0.39 is 29.4 Å². The van der Waals surface area contributed by atoms with Crippen LogP contribution in [0.3, 0.4) is 0 Å². The molecule has 0 spiro atoms. The molecule has 40 heavy (non-hydrogen) atoms. The van der Waals surface area contributed by atoms with Gasteiger partial charge in [-0.25, -0.2) is 19.2 Å². The Morgan fingerprint density at radius 1 is 1.27 bits per heavy atom. The molecule has 0 saturated heterocycles. The summed E-state index contributed by atoms with van der Waals surface area (Å²) in [5, 5.41) is 4.99. The highest BCUT2D eigenvalue weighted by Gasteiger charge is 2.25. The zero-order valence-corrected chi connectivity index (χ0v) is 22.6. The van der Waals surface area contributed by atoms with Gasteiger partial charge in [-0.3, -0.25) is 19.0 Å². The molecule has 0 aliphatic heterocycles. The van der Waals surface area contributed by atoms with E-state index in [0.717, 1.165) is 18.4 Å². The van der Waals surface area contributed by atoms with E-state index in [4.69, 9.17) is 0 Å². The Balaban J connectivity index is 1.52. The lowest BCUT2D eigenvalue weighted by atomic mass is 10.1. The van der Waals surface area contributed by atoms with Crippen LogP contribution in [-0.2, 0) is 27.4 Å². The van der Waals surface area contributed by atoms with Crippen molar-refractivity contribution in [2.45, 2.75) is 44.8 Å². The smallest absolute Gasteiger partial charge is 0.407 e. The molecule has 1 aliphatic carbocycles. The summed E-state index contributed by atoms with van der Waals surface area (Å²) in [7, 11) is 4.40. The van der Waals surface area contributed by atoms with E-state index in [-0.39, 0.29) is 24.6 Å². The topological polar surface area (TPSA) is 140 Å². The van der Waals surface area contributed by atoms with Crippen molar-refractivity contribution in [1.82, 2.24) is 29.3 Å². The number of hydrogen-bond acceptors (Lipinski definition) is 7. The average Bonchev–Trinajstić information content (AvgIpc) is 3.68.